The third-order valence-corrected chi connectivity index (χ3v) is 6.38. The summed E-state index contributed by atoms with van der Waals surface area (Å²) in [6.07, 6.45) is 3.73. The van der Waals surface area contributed by atoms with Crippen LogP contribution in [0.1, 0.15) is 53.7 Å². The van der Waals surface area contributed by atoms with E-state index in [0.717, 1.165) is 12.0 Å². The standard InChI is InChI=1S/C26H29FN4O2/c1-3-23(19-7-5-4-6-8-19)26(33)30-15-13-21(14-16-30)29-25(32)24-17-28-31(18(24)2)22-11-9-20(27)10-12-22/h4-12,17,21,23H,3,13-16H2,1-2H3,(H,29,32). The van der Waals surface area contributed by atoms with E-state index in [1.165, 1.54) is 12.1 Å². The van der Waals surface area contributed by atoms with Crippen LogP contribution in [0.2, 0.25) is 0 Å². The third kappa shape index (κ3) is 4.97. The Bertz CT molecular complexity index is 1100. The van der Waals surface area contributed by atoms with Gasteiger partial charge in [-0.1, -0.05) is 37.3 Å². The molecular formula is C26H29FN4O2. The molecule has 1 atom stereocenters. The van der Waals surface area contributed by atoms with Gasteiger partial charge in [0.05, 0.1) is 29.1 Å². The smallest absolute Gasteiger partial charge is 0.254 e. The number of aromatic nitrogens is 2. The number of rotatable bonds is 6. The highest BCUT2D eigenvalue weighted by Gasteiger charge is 2.29. The van der Waals surface area contributed by atoms with E-state index in [4.69, 9.17) is 0 Å². The zero-order valence-corrected chi connectivity index (χ0v) is 19.0. The van der Waals surface area contributed by atoms with Crippen molar-refractivity contribution in [2.45, 2.75) is 45.1 Å². The summed E-state index contributed by atoms with van der Waals surface area (Å²) in [4.78, 5) is 27.9. The van der Waals surface area contributed by atoms with E-state index >= 15 is 0 Å². The van der Waals surface area contributed by atoms with E-state index in [9.17, 15) is 14.0 Å². The number of hydrogen-bond donors (Lipinski definition) is 1. The molecule has 7 heteroatoms. The van der Waals surface area contributed by atoms with E-state index in [1.807, 2.05) is 49.1 Å². The SMILES string of the molecule is CCC(C(=O)N1CCC(NC(=O)c2cnn(-c3ccc(F)cc3)c2C)CC1)c1ccccc1. The zero-order valence-electron chi connectivity index (χ0n) is 19.0. The Morgan fingerprint density at radius 2 is 1.76 bits per heavy atom. The molecule has 33 heavy (non-hydrogen) atoms. The fraction of sp³-hybridized carbons (Fsp3) is 0.346. The Balaban J connectivity index is 1.35. The minimum Gasteiger partial charge on any atom is -0.349 e. The molecule has 0 radical (unpaired) electrons. The molecule has 2 amide bonds. The normalized spacial score (nSPS) is 15.3. The number of carbonyl (C=O) groups excluding carboxylic acids is 2. The second-order valence-corrected chi connectivity index (χ2v) is 8.48. The number of nitrogens with one attached hydrogen (secondary N) is 1. The number of nitrogens with zero attached hydrogens (tertiary/aromatic N) is 3. The van der Waals surface area contributed by atoms with Crippen LogP contribution in [0.15, 0.2) is 60.8 Å². The molecule has 1 unspecified atom stereocenters. The van der Waals surface area contributed by atoms with E-state index in [1.54, 1.807) is 23.0 Å². The van der Waals surface area contributed by atoms with E-state index in [2.05, 4.69) is 10.4 Å². The molecule has 0 aliphatic carbocycles. The van der Waals surface area contributed by atoms with Crippen LogP contribution in [-0.4, -0.2) is 45.6 Å². The number of benzene rings is 2. The quantitative estimate of drug-likeness (QED) is 0.614. The highest BCUT2D eigenvalue weighted by atomic mass is 19.1. The molecule has 0 bridgehead atoms. The van der Waals surface area contributed by atoms with Crippen molar-refractivity contribution in [1.29, 1.82) is 0 Å². The average molecular weight is 449 g/mol. The Hall–Kier alpha value is -3.48. The predicted octanol–water partition coefficient (Wildman–Crippen LogP) is 4.23. The van der Waals surface area contributed by atoms with Crippen LogP contribution in [0.4, 0.5) is 4.39 Å². The molecule has 0 spiro atoms. The molecule has 1 fully saturated rings. The zero-order chi connectivity index (χ0) is 23.4. The summed E-state index contributed by atoms with van der Waals surface area (Å²) >= 11 is 0. The largest absolute Gasteiger partial charge is 0.349 e. The summed E-state index contributed by atoms with van der Waals surface area (Å²) in [7, 11) is 0. The molecule has 172 valence electrons. The van der Waals surface area contributed by atoms with Gasteiger partial charge in [0.1, 0.15) is 5.82 Å². The Labute approximate surface area is 193 Å². The van der Waals surface area contributed by atoms with Crippen molar-refractivity contribution >= 4 is 11.8 Å². The molecule has 3 aromatic rings. The summed E-state index contributed by atoms with van der Waals surface area (Å²) in [5.41, 5.74) is 2.94. The fourth-order valence-electron chi connectivity index (χ4n) is 4.44. The van der Waals surface area contributed by atoms with Crippen LogP contribution in [0.25, 0.3) is 5.69 Å². The van der Waals surface area contributed by atoms with Crippen LogP contribution in [-0.2, 0) is 4.79 Å². The molecule has 2 aromatic carbocycles. The Morgan fingerprint density at radius 3 is 2.39 bits per heavy atom. The number of likely N-dealkylation sites (tertiary alicyclic amines) is 1. The summed E-state index contributed by atoms with van der Waals surface area (Å²) in [6.45, 7) is 5.11. The monoisotopic (exact) mass is 448 g/mol. The second kappa shape index (κ2) is 9.98. The first kappa shape index (κ1) is 22.7. The van der Waals surface area contributed by atoms with Crippen molar-refractivity contribution in [3.05, 3.63) is 83.4 Å². The maximum atomic E-state index is 13.2. The Morgan fingerprint density at radius 1 is 1.09 bits per heavy atom. The molecule has 0 saturated carbocycles. The van der Waals surface area contributed by atoms with Gasteiger partial charge in [0.15, 0.2) is 0 Å². The second-order valence-electron chi connectivity index (χ2n) is 8.48. The molecular weight excluding hydrogens is 419 g/mol. The molecule has 2 heterocycles. The van der Waals surface area contributed by atoms with Gasteiger partial charge < -0.3 is 10.2 Å². The minimum atomic E-state index is -0.319. The molecule has 6 nitrogen and oxygen atoms in total. The first-order valence-corrected chi connectivity index (χ1v) is 11.4. The third-order valence-electron chi connectivity index (χ3n) is 6.38. The first-order chi connectivity index (χ1) is 16.0. The van der Waals surface area contributed by atoms with E-state index < -0.39 is 0 Å². The van der Waals surface area contributed by atoms with Crippen molar-refractivity contribution in [3.8, 4) is 5.69 Å². The highest BCUT2D eigenvalue weighted by Crippen LogP contribution is 2.24. The molecule has 1 aliphatic rings. The number of halogens is 1. The van der Waals surface area contributed by atoms with Gasteiger partial charge in [-0.05, 0) is 56.0 Å². The number of amides is 2. The summed E-state index contributed by atoms with van der Waals surface area (Å²) in [5.74, 6) is -0.469. The van der Waals surface area contributed by atoms with Gasteiger partial charge in [0, 0.05) is 19.1 Å². The predicted molar refractivity (Wildman–Crippen MR) is 125 cm³/mol. The lowest BCUT2D eigenvalue weighted by molar-refractivity contribution is -0.134. The van der Waals surface area contributed by atoms with Gasteiger partial charge in [-0.25, -0.2) is 9.07 Å². The van der Waals surface area contributed by atoms with Crippen LogP contribution in [0.3, 0.4) is 0 Å². The van der Waals surface area contributed by atoms with E-state index in [0.29, 0.717) is 42.9 Å². The fourth-order valence-corrected chi connectivity index (χ4v) is 4.44. The maximum Gasteiger partial charge on any atom is 0.254 e. The van der Waals surface area contributed by atoms with Crippen molar-refractivity contribution in [1.82, 2.24) is 20.0 Å². The number of carbonyl (C=O) groups is 2. The van der Waals surface area contributed by atoms with Crippen LogP contribution >= 0.6 is 0 Å². The van der Waals surface area contributed by atoms with Gasteiger partial charge in [0.2, 0.25) is 5.91 Å². The summed E-state index contributed by atoms with van der Waals surface area (Å²) < 4.78 is 14.8. The van der Waals surface area contributed by atoms with Gasteiger partial charge in [-0.2, -0.15) is 5.10 Å². The van der Waals surface area contributed by atoms with Gasteiger partial charge in [-0.15, -0.1) is 0 Å². The molecule has 1 aromatic heterocycles. The van der Waals surface area contributed by atoms with Crippen molar-refractivity contribution in [2.24, 2.45) is 0 Å². The van der Waals surface area contributed by atoms with Crippen LogP contribution in [0, 0.1) is 12.7 Å². The van der Waals surface area contributed by atoms with Gasteiger partial charge in [0.25, 0.3) is 5.91 Å². The Kier molecular flexibility index (Phi) is 6.87. The molecule has 4 rings (SSSR count). The molecule has 1 N–H and O–H groups in total. The summed E-state index contributed by atoms with van der Waals surface area (Å²) in [5, 5.41) is 7.40. The molecule has 1 aliphatic heterocycles. The number of hydrogen-bond acceptors (Lipinski definition) is 3. The number of piperidine rings is 1. The summed E-state index contributed by atoms with van der Waals surface area (Å²) in [6, 6.07) is 15.9. The van der Waals surface area contributed by atoms with Crippen molar-refractivity contribution in [2.75, 3.05) is 13.1 Å². The van der Waals surface area contributed by atoms with Crippen molar-refractivity contribution < 1.29 is 14.0 Å². The molecule has 1 saturated heterocycles. The van der Waals surface area contributed by atoms with Gasteiger partial charge >= 0.3 is 0 Å². The minimum absolute atomic E-state index is 0.00641. The van der Waals surface area contributed by atoms with Crippen LogP contribution < -0.4 is 5.32 Å². The lowest BCUT2D eigenvalue weighted by Gasteiger charge is -2.34. The highest BCUT2D eigenvalue weighted by molar-refractivity contribution is 5.95. The first-order valence-electron chi connectivity index (χ1n) is 11.4. The van der Waals surface area contributed by atoms with Crippen molar-refractivity contribution in [3.63, 3.8) is 0 Å². The lowest BCUT2D eigenvalue weighted by atomic mass is 9.93. The van der Waals surface area contributed by atoms with E-state index in [-0.39, 0.29) is 29.6 Å². The van der Waals surface area contributed by atoms with Crippen LogP contribution in [0.5, 0.6) is 0 Å². The van der Waals surface area contributed by atoms with Gasteiger partial charge in [-0.3, -0.25) is 9.59 Å². The topological polar surface area (TPSA) is 67.2 Å². The lowest BCUT2D eigenvalue weighted by Crippen LogP contribution is -2.47. The maximum absolute atomic E-state index is 13.2. The average Bonchev–Trinajstić information content (AvgIpc) is 3.22.